The molecule has 3 heteroatoms. The lowest BCUT2D eigenvalue weighted by Gasteiger charge is -2.27. The van der Waals surface area contributed by atoms with Gasteiger partial charge in [0.05, 0.1) is 12.7 Å². The minimum Gasteiger partial charge on any atom is -0.393 e. The van der Waals surface area contributed by atoms with Crippen molar-refractivity contribution in [3.63, 3.8) is 0 Å². The molecule has 1 aliphatic rings. The van der Waals surface area contributed by atoms with Crippen molar-refractivity contribution in [1.29, 1.82) is 0 Å². The topological polar surface area (TPSA) is 38.7 Å². The Morgan fingerprint density at radius 2 is 2.31 bits per heavy atom. The van der Waals surface area contributed by atoms with E-state index in [1.165, 1.54) is 0 Å². The van der Waals surface area contributed by atoms with E-state index in [0.29, 0.717) is 5.92 Å². The fourth-order valence-corrected chi connectivity index (χ4v) is 1.71. The maximum absolute atomic E-state index is 9.61. The summed E-state index contributed by atoms with van der Waals surface area (Å²) >= 11 is 0. The molecule has 0 bridgehead atoms. The fourth-order valence-electron chi connectivity index (χ4n) is 1.71. The summed E-state index contributed by atoms with van der Waals surface area (Å²) in [5.41, 5.74) is 0. The van der Waals surface area contributed by atoms with E-state index in [9.17, 15) is 5.11 Å². The van der Waals surface area contributed by atoms with Crippen LogP contribution >= 0.6 is 0 Å². The average molecular weight is 188 g/mol. The zero-order valence-electron chi connectivity index (χ0n) is 8.37. The van der Waals surface area contributed by atoms with Gasteiger partial charge in [0.25, 0.3) is 0 Å². The van der Waals surface area contributed by atoms with E-state index in [0.717, 1.165) is 45.5 Å². The van der Waals surface area contributed by atoms with Gasteiger partial charge >= 0.3 is 0 Å². The van der Waals surface area contributed by atoms with Gasteiger partial charge in [-0.05, 0) is 19.3 Å². The number of aliphatic hydroxyl groups is 1. The number of methoxy groups -OCH3 is 1. The molecule has 0 aromatic heterocycles. The Bertz CT molecular complexity index is 127. The molecule has 2 atom stereocenters. The van der Waals surface area contributed by atoms with Gasteiger partial charge in [0.15, 0.2) is 0 Å². The highest BCUT2D eigenvalue weighted by atomic mass is 16.5. The number of ether oxygens (including phenoxy) is 2. The first-order valence-corrected chi connectivity index (χ1v) is 5.09. The van der Waals surface area contributed by atoms with Gasteiger partial charge < -0.3 is 14.6 Å². The van der Waals surface area contributed by atoms with Gasteiger partial charge in [-0.3, -0.25) is 0 Å². The Morgan fingerprint density at radius 1 is 1.46 bits per heavy atom. The molecule has 0 spiro atoms. The van der Waals surface area contributed by atoms with Gasteiger partial charge in [0.1, 0.15) is 0 Å². The van der Waals surface area contributed by atoms with Crippen LogP contribution in [-0.2, 0) is 9.47 Å². The van der Waals surface area contributed by atoms with Crippen LogP contribution in [0.15, 0.2) is 0 Å². The van der Waals surface area contributed by atoms with Gasteiger partial charge in [0, 0.05) is 26.2 Å². The highest BCUT2D eigenvalue weighted by Gasteiger charge is 2.22. The van der Waals surface area contributed by atoms with Crippen LogP contribution in [-0.4, -0.2) is 38.1 Å². The smallest absolute Gasteiger partial charge is 0.0612 e. The zero-order chi connectivity index (χ0) is 9.52. The van der Waals surface area contributed by atoms with Gasteiger partial charge in [-0.1, -0.05) is 6.42 Å². The molecule has 0 aromatic carbocycles. The van der Waals surface area contributed by atoms with Crippen LogP contribution in [0.5, 0.6) is 0 Å². The summed E-state index contributed by atoms with van der Waals surface area (Å²) in [7, 11) is 1.72. The van der Waals surface area contributed by atoms with Crippen molar-refractivity contribution in [3.8, 4) is 0 Å². The van der Waals surface area contributed by atoms with Crippen molar-refractivity contribution in [2.45, 2.75) is 31.8 Å². The highest BCUT2D eigenvalue weighted by Crippen LogP contribution is 2.20. The Balaban J connectivity index is 2.05. The lowest BCUT2D eigenvalue weighted by molar-refractivity contribution is -0.0393. The second-order valence-corrected chi connectivity index (χ2v) is 3.68. The zero-order valence-corrected chi connectivity index (χ0v) is 8.37. The molecule has 1 fully saturated rings. The molecule has 78 valence electrons. The monoisotopic (exact) mass is 188 g/mol. The second-order valence-electron chi connectivity index (χ2n) is 3.68. The lowest BCUT2D eigenvalue weighted by atomic mass is 9.93. The molecular formula is C10H20O3. The summed E-state index contributed by atoms with van der Waals surface area (Å²) in [6, 6.07) is 0. The van der Waals surface area contributed by atoms with E-state index in [-0.39, 0.29) is 6.10 Å². The lowest BCUT2D eigenvalue weighted by Crippen LogP contribution is -2.31. The van der Waals surface area contributed by atoms with E-state index in [1.54, 1.807) is 7.11 Å². The second kappa shape index (κ2) is 6.35. The standard InChI is InChI=1S/C10H20O3/c1-12-6-3-2-4-9-8-13-7-5-10(9)11/h9-11H,2-8H2,1H3. The molecule has 0 saturated carbocycles. The quantitative estimate of drug-likeness (QED) is 0.659. The van der Waals surface area contributed by atoms with Crippen LogP contribution in [0.2, 0.25) is 0 Å². The van der Waals surface area contributed by atoms with Crippen molar-refractivity contribution in [3.05, 3.63) is 0 Å². The van der Waals surface area contributed by atoms with Crippen molar-refractivity contribution in [1.82, 2.24) is 0 Å². The predicted octanol–water partition coefficient (Wildman–Crippen LogP) is 1.20. The number of hydrogen-bond acceptors (Lipinski definition) is 3. The highest BCUT2D eigenvalue weighted by molar-refractivity contribution is 4.72. The molecule has 1 heterocycles. The normalized spacial score (nSPS) is 29.1. The van der Waals surface area contributed by atoms with Gasteiger partial charge in [-0.15, -0.1) is 0 Å². The van der Waals surface area contributed by atoms with Crippen LogP contribution in [0, 0.1) is 5.92 Å². The summed E-state index contributed by atoms with van der Waals surface area (Å²) in [5.74, 6) is 0.352. The van der Waals surface area contributed by atoms with Gasteiger partial charge in [-0.2, -0.15) is 0 Å². The maximum atomic E-state index is 9.61. The molecule has 13 heavy (non-hydrogen) atoms. The first-order chi connectivity index (χ1) is 6.34. The third-order valence-electron chi connectivity index (χ3n) is 2.61. The maximum Gasteiger partial charge on any atom is 0.0612 e. The first kappa shape index (κ1) is 11.0. The van der Waals surface area contributed by atoms with Crippen LogP contribution in [0.25, 0.3) is 0 Å². The molecule has 1 aliphatic heterocycles. The minimum absolute atomic E-state index is 0.142. The summed E-state index contributed by atoms with van der Waals surface area (Å²) in [6.45, 7) is 2.27. The molecule has 0 amide bonds. The van der Waals surface area contributed by atoms with Crippen molar-refractivity contribution >= 4 is 0 Å². The predicted molar refractivity (Wildman–Crippen MR) is 50.7 cm³/mol. The van der Waals surface area contributed by atoms with E-state index < -0.39 is 0 Å². The van der Waals surface area contributed by atoms with E-state index in [2.05, 4.69) is 0 Å². The third-order valence-corrected chi connectivity index (χ3v) is 2.61. The number of rotatable bonds is 5. The van der Waals surface area contributed by atoms with Gasteiger partial charge in [0.2, 0.25) is 0 Å². The van der Waals surface area contributed by atoms with Crippen molar-refractivity contribution in [2.75, 3.05) is 26.9 Å². The number of aliphatic hydroxyl groups excluding tert-OH is 1. The van der Waals surface area contributed by atoms with Crippen LogP contribution in [0.4, 0.5) is 0 Å². The minimum atomic E-state index is -0.142. The largest absolute Gasteiger partial charge is 0.393 e. The Hall–Kier alpha value is -0.120. The van der Waals surface area contributed by atoms with Crippen LogP contribution in [0.3, 0.4) is 0 Å². The molecule has 1 N–H and O–H groups in total. The molecule has 0 aliphatic carbocycles. The van der Waals surface area contributed by atoms with E-state index in [1.807, 2.05) is 0 Å². The summed E-state index contributed by atoms with van der Waals surface area (Å²) in [4.78, 5) is 0. The van der Waals surface area contributed by atoms with Crippen LogP contribution < -0.4 is 0 Å². The van der Waals surface area contributed by atoms with Crippen molar-refractivity contribution < 1.29 is 14.6 Å². The summed E-state index contributed by atoms with van der Waals surface area (Å²) in [5, 5.41) is 9.61. The SMILES string of the molecule is COCCCCC1COCCC1O. The number of hydrogen-bond donors (Lipinski definition) is 1. The fraction of sp³-hybridized carbons (Fsp3) is 1.00. The molecule has 3 nitrogen and oxygen atoms in total. The summed E-state index contributed by atoms with van der Waals surface area (Å²) in [6.07, 6.45) is 3.93. The molecule has 1 rings (SSSR count). The molecule has 2 unspecified atom stereocenters. The Labute approximate surface area is 80.0 Å². The van der Waals surface area contributed by atoms with E-state index in [4.69, 9.17) is 9.47 Å². The number of unbranched alkanes of at least 4 members (excludes halogenated alkanes) is 1. The molecular weight excluding hydrogens is 168 g/mol. The average Bonchev–Trinajstić information content (AvgIpc) is 2.15. The molecule has 0 radical (unpaired) electrons. The van der Waals surface area contributed by atoms with Gasteiger partial charge in [-0.25, -0.2) is 0 Å². The van der Waals surface area contributed by atoms with E-state index >= 15 is 0 Å². The summed E-state index contributed by atoms with van der Waals surface area (Å²) < 4.78 is 10.3. The third kappa shape index (κ3) is 4.07. The molecule has 0 aromatic rings. The Morgan fingerprint density at radius 3 is 3.00 bits per heavy atom. The Kier molecular flexibility index (Phi) is 5.35. The first-order valence-electron chi connectivity index (χ1n) is 5.09. The van der Waals surface area contributed by atoms with Crippen molar-refractivity contribution in [2.24, 2.45) is 5.92 Å². The molecule has 1 saturated heterocycles. The van der Waals surface area contributed by atoms with Crippen LogP contribution in [0.1, 0.15) is 25.7 Å².